The van der Waals surface area contributed by atoms with Crippen molar-refractivity contribution in [3.63, 3.8) is 0 Å². The normalized spacial score (nSPS) is 16.3. The first-order valence-corrected chi connectivity index (χ1v) is 6.84. The minimum Gasteiger partial charge on any atom is -0.314 e. The Hall–Kier alpha value is -0.750. The summed E-state index contributed by atoms with van der Waals surface area (Å²) in [6.07, 6.45) is 3.10. The van der Waals surface area contributed by atoms with Crippen LogP contribution in [0.25, 0.3) is 0 Å². The third kappa shape index (κ3) is 4.88. The van der Waals surface area contributed by atoms with Crippen molar-refractivity contribution < 1.29 is 13.2 Å². The number of hydrogen-bond acceptors (Lipinski definition) is 2. The highest BCUT2D eigenvalue weighted by Gasteiger charge is 2.26. The van der Waals surface area contributed by atoms with Gasteiger partial charge in [0.15, 0.2) is 17.5 Å². The molecule has 0 unspecified atom stereocenters. The van der Waals surface area contributed by atoms with E-state index >= 15 is 0 Å². The van der Waals surface area contributed by atoms with E-state index in [1.807, 2.05) is 0 Å². The number of hydrogen-bond donors (Lipinski definition) is 1. The Morgan fingerprint density at radius 3 is 2.36 bits per heavy atom. The standard InChI is InChI=1S/C15H19F3N2.2ClH/c1-2-3-4-13(20-9-7-19-8-10-20)11-5-6-12(16)15(18)14(11)17;;/h2,5-6,13,19H,1,3-4,7-10H2;2*1H/t13-;;/m1../s1. The first-order chi connectivity index (χ1) is 9.65. The summed E-state index contributed by atoms with van der Waals surface area (Å²) in [5.41, 5.74) is 0.229. The molecule has 1 atom stereocenters. The Balaban J connectivity index is 0.00000220. The highest BCUT2D eigenvalue weighted by molar-refractivity contribution is 5.85. The summed E-state index contributed by atoms with van der Waals surface area (Å²) in [7, 11) is 0. The maximum absolute atomic E-state index is 14.0. The van der Waals surface area contributed by atoms with Gasteiger partial charge in [-0.25, -0.2) is 13.2 Å². The van der Waals surface area contributed by atoms with Crippen LogP contribution in [0.5, 0.6) is 0 Å². The molecule has 1 aromatic rings. The van der Waals surface area contributed by atoms with E-state index in [2.05, 4.69) is 16.8 Å². The van der Waals surface area contributed by atoms with Crippen LogP contribution in [-0.2, 0) is 0 Å². The second kappa shape index (κ2) is 10.1. The molecule has 0 amide bonds. The number of rotatable bonds is 5. The Labute approximate surface area is 141 Å². The Morgan fingerprint density at radius 2 is 1.77 bits per heavy atom. The van der Waals surface area contributed by atoms with Crippen molar-refractivity contribution in [3.05, 3.63) is 47.8 Å². The van der Waals surface area contributed by atoms with Crippen LogP contribution >= 0.6 is 24.8 Å². The summed E-state index contributed by atoms with van der Waals surface area (Å²) in [4.78, 5) is 2.11. The van der Waals surface area contributed by atoms with E-state index < -0.39 is 17.5 Å². The molecule has 1 saturated heterocycles. The molecule has 1 aliphatic rings. The van der Waals surface area contributed by atoms with Gasteiger partial charge in [-0.05, 0) is 18.9 Å². The minimum absolute atomic E-state index is 0. The molecule has 1 aromatic carbocycles. The SMILES string of the molecule is C=CCC[C@H](c1ccc(F)c(F)c1F)N1CCNCC1.Cl.Cl. The summed E-state index contributed by atoms with van der Waals surface area (Å²) >= 11 is 0. The van der Waals surface area contributed by atoms with Crippen LogP contribution < -0.4 is 5.32 Å². The van der Waals surface area contributed by atoms with Gasteiger partial charge in [0.05, 0.1) is 0 Å². The molecule has 0 radical (unpaired) electrons. The molecule has 22 heavy (non-hydrogen) atoms. The molecule has 0 aliphatic carbocycles. The second-order valence-electron chi connectivity index (χ2n) is 4.93. The number of nitrogens with zero attached hydrogens (tertiary/aromatic N) is 1. The van der Waals surface area contributed by atoms with Gasteiger partial charge in [-0.3, -0.25) is 4.90 Å². The molecule has 0 bridgehead atoms. The van der Waals surface area contributed by atoms with Crippen LogP contribution in [0.2, 0.25) is 0 Å². The van der Waals surface area contributed by atoms with E-state index in [4.69, 9.17) is 0 Å². The van der Waals surface area contributed by atoms with Gasteiger partial charge in [0.1, 0.15) is 0 Å². The topological polar surface area (TPSA) is 15.3 Å². The van der Waals surface area contributed by atoms with E-state index in [0.717, 1.165) is 32.2 Å². The maximum atomic E-state index is 14.0. The summed E-state index contributed by atoms with van der Waals surface area (Å²) in [5.74, 6) is -3.60. The average Bonchev–Trinajstić information content (AvgIpc) is 2.48. The average molecular weight is 357 g/mol. The van der Waals surface area contributed by atoms with Crippen LogP contribution in [0, 0.1) is 17.5 Å². The smallest absolute Gasteiger partial charge is 0.194 e. The van der Waals surface area contributed by atoms with Crippen molar-refractivity contribution in [2.75, 3.05) is 26.2 Å². The van der Waals surface area contributed by atoms with Crippen LogP contribution in [0.1, 0.15) is 24.4 Å². The first kappa shape index (κ1) is 21.2. The van der Waals surface area contributed by atoms with E-state index in [1.165, 1.54) is 6.07 Å². The molecule has 0 saturated carbocycles. The van der Waals surface area contributed by atoms with Gasteiger partial charge in [0.25, 0.3) is 0 Å². The highest BCUT2D eigenvalue weighted by Crippen LogP contribution is 2.30. The molecule has 126 valence electrons. The third-order valence-corrected chi connectivity index (χ3v) is 3.66. The van der Waals surface area contributed by atoms with Gasteiger partial charge in [-0.15, -0.1) is 31.4 Å². The van der Waals surface area contributed by atoms with Crippen LogP contribution in [0.15, 0.2) is 24.8 Å². The van der Waals surface area contributed by atoms with Crippen molar-refractivity contribution >= 4 is 24.8 Å². The van der Waals surface area contributed by atoms with Crippen LogP contribution in [0.3, 0.4) is 0 Å². The molecular formula is C15H21Cl2F3N2. The predicted octanol–water partition coefficient (Wildman–Crippen LogP) is 3.86. The van der Waals surface area contributed by atoms with Crippen LogP contribution in [0.4, 0.5) is 13.2 Å². The zero-order valence-electron chi connectivity index (χ0n) is 12.2. The molecule has 1 heterocycles. The van der Waals surface area contributed by atoms with Crippen molar-refractivity contribution in [2.24, 2.45) is 0 Å². The summed E-state index contributed by atoms with van der Waals surface area (Å²) in [5, 5.41) is 3.22. The summed E-state index contributed by atoms with van der Waals surface area (Å²) < 4.78 is 40.5. The van der Waals surface area contributed by atoms with Crippen molar-refractivity contribution in [3.8, 4) is 0 Å². The Bertz CT molecular complexity index is 480. The molecule has 1 fully saturated rings. The van der Waals surface area contributed by atoms with Crippen molar-refractivity contribution in [1.82, 2.24) is 10.2 Å². The monoisotopic (exact) mass is 356 g/mol. The number of nitrogens with one attached hydrogen (secondary N) is 1. The predicted molar refractivity (Wildman–Crippen MR) is 87.4 cm³/mol. The zero-order chi connectivity index (χ0) is 14.5. The molecule has 1 aliphatic heterocycles. The van der Waals surface area contributed by atoms with E-state index in [1.54, 1.807) is 6.08 Å². The highest BCUT2D eigenvalue weighted by atomic mass is 35.5. The fourth-order valence-corrected chi connectivity index (χ4v) is 2.60. The number of allylic oxidation sites excluding steroid dienone is 1. The van der Waals surface area contributed by atoms with Gasteiger partial charge < -0.3 is 5.32 Å². The molecule has 1 N–H and O–H groups in total. The van der Waals surface area contributed by atoms with E-state index in [-0.39, 0.29) is 36.4 Å². The number of benzene rings is 1. The quantitative estimate of drug-likeness (QED) is 0.636. The van der Waals surface area contributed by atoms with E-state index in [0.29, 0.717) is 12.8 Å². The summed E-state index contributed by atoms with van der Waals surface area (Å²) in [6.45, 7) is 6.83. The third-order valence-electron chi connectivity index (χ3n) is 3.66. The lowest BCUT2D eigenvalue weighted by Gasteiger charge is -2.35. The number of halogens is 5. The zero-order valence-corrected chi connectivity index (χ0v) is 13.8. The lowest BCUT2D eigenvalue weighted by molar-refractivity contribution is 0.162. The largest absolute Gasteiger partial charge is 0.314 e. The first-order valence-electron chi connectivity index (χ1n) is 6.84. The van der Waals surface area contributed by atoms with Gasteiger partial charge in [-0.1, -0.05) is 12.1 Å². The summed E-state index contributed by atoms with van der Waals surface area (Å²) in [6, 6.07) is 2.10. The van der Waals surface area contributed by atoms with Gasteiger partial charge >= 0.3 is 0 Å². The molecular weight excluding hydrogens is 336 g/mol. The molecule has 0 aromatic heterocycles. The van der Waals surface area contributed by atoms with Crippen molar-refractivity contribution in [1.29, 1.82) is 0 Å². The Kier molecular flexibility index (Phi) is 9.76. The minimum atomic E-state index is -1.39. The second-order valence-corrected chi connectivity index (χ2v) is 4.93. The fraction of sp³-hybridized carbons (Fsp3) is 0.467. The lowest BCUT2D eigenvalue weighted by atomic mass is 9.98. The lowest BCUT2D eigenvalue weighted by Crippen LogP contribution is -2.45. The Morgan fingerprint density at radius 1 is 1.14 bits per heavy atom. The number of piperazine rings is 1. The maximum Gasteiger partial charge on any atom is 0.194 e. The van der Waals surface area contributed by atoms with Gasteiger partial charge in [0.2, 0.25) is 0 Å². The molecule has 0 spiro atoms. The molecule has 2 nitrogen and oxygen atoms in total. The fourth-order valence-electron chi connectivity index (χ4n) is 2.60. The van der Waals surface area contributed by atoms with E-state index in [9.17, 15) is 13.2 Å². The van der Waals surface area contributed by atoms with Gasteiger partial charge in [0, 0.05) is 37.8 Å². The molecule has 7 heteroatoms. The molecule has 2 rings (SSSR count). The van der Waals surface area contributed by atoms with Crippen LogP contribution in [-0.4, -0.2) is 31.1 Å². The van der Waals surface area contributed by atoms with Gasteiger partial charge in [-0.2, -0.15) is 0 Å². The van der Waals surface area contributed by atoms with Crippen molar-refractivity contribution in [2.45, 2.75) is 18.9 Å².